The largest absolute Gasteiger partial charge is 0.497 e. The van der Waals surface area contributed by atoms with Gasteiger partial charge in [-0.15, -0.1) is 0 Å². The predicted octanol–water partition coefficient (Wildman–Crippen LogP) is 3.90. The quantitative estimate of drug-likeness (QED) is 0.498. The van der Waals surface area contributed by atoms with E-state index in [1.54, 1.807) is 57.4 Å². The minimum absolute atomic E-state index is 0.0929. The third kappa shape index (κ3) is 6.91. The van der Waals surface area contributed by atoms with Crippen LogP contribution in [0.4, 0.5) is 5.69 Å². The number of methoxy groups -OCH3 is 1. The smallest absolute Gasteiger partial charge is 0.244 e. The van der Waals surface area contributed by atoms with Crippen molar-refractivity contribution in [3.05, 3.63) is 58.6 Å². The van der Waals surface area contributed by atoms with Gasteiger partial charge in [-0.2, -0.15) is 0 Å². The van der Waals surface area contributed by atoms with Crippen LogP contribution in [0, 0.1) is 6.92 Å². The van der Waals surface area contributed by atoms with Crippen molar-refractivity contribution in [3.8, 4) is 5.75 Å². The maximum Gasteiger partial charge on any atom is 0.244 e. The van der Waals surface area contributed by atoms with Crippen LogP contribution in [0.1, 0.15) is 43.7 Å². The Kier molecular flexibility index (Phi) is 9.24. The summed E-state index contributed by atoms with van der Waals surface area (Å²) in [6.45, 7) is 3.01. The van der Waals surface area contributed by atoms with Gasteiger partial charge < -0.3 is 15.0 Å². The molecule has 36 heavy (non-hydrogen) atoms. The molecule has 2 amide bonds. The van der Waals surface area contributed by atoms with Crippen LogP contribution in [-0.4, -0.2) is 57.1 Å². The molecule has 1 aliphatic rings. The van der Waals surface area contributed by atoms with Crippen LogP contribution in [0.15, 0.2) is 42.5 Å². The zero-order chi connectivity index (χ0) is 26.5. The summed E-state index contributed by atoms with van der Waals surface area (Å²) in [5.74, 6) is -0.144. The standard InChI is InChI=1S/C26H34ClN3O5S/c1-18-23(27)13-8-14-24(18)30(36(4,33)34)17-25(31)29(16-20-9-7-12-22(15-20)35-3)19(2)26(32)28-21-10-5-6-11-21/h7-9,12-15,19,21H,5-6,10-11,16-17H2,1-4H3,(H,28,32)/t19-/m1/s1. The first kappa shape index (κ1) is 27.8. The van der Waals surface area contributed by atoms with Crippen molar-refractivity contribution < 1.29 is 22.7 Å². The average Bonchev–Trinajstić information content (AvgIpc) is 3.35. The molecule has 1 fully saturated rings. The van der Waals surface area contributed by atoms with E-state index in [9.17, 15) is 18.0 Å². The number of halogens is 1. The lowest BCUT2D eigenvalue weighted by atomic mass is 10.1. The monoisotopic (exact) mass is 535 g/mol. The molecule has 0 spiro atoms. The number of sulfonamides is 1. The van der Waals surface area contributed by atoms with E-state index in [2.05, 4.69) is 5.32 Å². The number of benzene rings is 2. The van der Waals surface area contributed by atoms with Crippen molar-refractivity contribution >= 4 is 39.1 Å². The minimum Gasteiger partial charge on any atom is -0.497 e. The summed E-state index contributed by atoms with van der Waals surface area (Å²) >= 11 is 6.23. The van der Waals surface area contributed by atoms with Gasteiger partial charge in [-0.3, -0.25) is 13.9 Å². The number of ether oxygens (including phenoxy) is 1. The minimum atomic E-state index is -3.83. The van der Waals surface area contributed by atoms with E-state index in [0.717, 1.165) is 41.8 Å². The number of amides is 2. The fourth-order valence-electron chi connectivity index (χ4n) is 4.40. The normalized spacial score (nSPS) is 14.8. The molecule has 0 saturated heterocycles. The number of hydrogen-bond donors (Lipinski definition) is 1. The van der Waals surface area contributed by atoms with Crippen molar-refractivity contribution in [3.63, 3.8) is 0 Å². The van der Waals surface area contributed by atoms with Gasteiger partial charge in [-0.1, -0.05) is 42.6 Å². The molecular formula is C26H34ClN3O5S. The molecule has 2 aromatic carbocycles. The van der Waals surface area contributed by atoms with E-state index in [1.165, 1.54) is 4.90 Å². The third-order valence-electron chi connectivity index (χ3n) is 6.54. The van der Waals surface area contributed by atoms with Crippen LogP contribution >= 0.6 is 11.6 Å². The van der Waals surface area contributed by atoms with Gasteiger partial charge in [0.1, 0.15) is 18.3 Å². The fourth-order valence-corrected chi connectivity index (χ4v) is 5.47. The Labute approximate surface area is 218 Å². The topological polar surface area (TPSA) is 96.0 Å². The lowest BCUT2D eigenvalue weighted by Crippen LogP contribution is -2.52. The van der Waals surface area contributed by atoms with E-state index in [0.29, 0.717) is 22.0 Å². The Morgan fingerprint density at radius 3 is 2.47 bits per heavy atom. The molecule has 1 N–H and O–H groups in total. The highest BCUT2D eigenvalue weighted by Gasteiger charge is 2.32. The first-order valence-electron chi connectivity index (χ1n) is 12.0. The number of rotatable bonds is 10. The third-order valence-corrected chi connectivity index (χ3v) is 8.08. The van der Waals surface area contributed by atoms with Gasteiger partial charge in [0.25, 0.3) is 0 Å². The summed E-state index contributed by atoms with van der Waals surface area (Å²) in [4.78, 5) is 28.2. The second-order valence-electron chi connectivity index (χ2n) is 9.19. The van der Waals surface area contributed by atoms with Crippen LogP contribution in [0.2, 0.25) is 5.02 Å². The molecule has 0 bridgehead atoms. The number of nitrogens with one attached hydrogen (secondary N) is 1. The molecule has 2 aromatic rings. The Morgan fingerprint density at radius 1 is 1.17 bits per heavy atom. The first-order chi connectivity index (χ1) is 17.0. The molecule has 1 saturated carbocycles. The molecular weight excluding hydrogens is 502 g/mol. The maximum absolute atomic E-state index is 13.7. The van der Waals surface area contributed by atoms with Crippen LogP contribution < -0.4 is 14.4 Å². The molecule has 8 nitrogen and oxygen atoms in total. The summed E-state index contributed by atoms with van der Waals surface area (Å²) in [5.41, 5.74) is 1.62. The highest BCUT2D eigenvalue weighted by Crippen LogP contribution is 2.28. The maximum atomic E-state index is 13.7. The Balaban J connectivity index is 1.92. The highest BCUT2D eigenvalue weighted by atomic mass is 35.5. The summed E-state index contributed by atoms with van der Waals surface area (Å²) in [7, 11) is -2.27. The van der Waals surface area contributed by atoms with E-state index in [4.69, 9.17) is 16.3 Å². The Bertz CT molecular complexity index is 1200. The second kappa shape index (κ2) is 12.0. The number of anilines is 1. The molecule has 0 heterocycles. The molecule has 0 aliphatic heterocycles. The number of carbonyl (C=O) groups is 2. The SMILES string of the molecule is COc1cccc(CN(C(=O)CN(c2cccc(Cl)c2C)S(C)(=O)=O)[C@H](C)C(=O)NC2CCCC2)c1. The van der Waals surface area contributed by atoms with Gasteiger partial charge >= 0.3 is 0 Å². The predicted molar refractivity (Wildman–Crippen MR) is 142 cm³/mol. The number of hydrogen-bond acceptors (Lipinski definition) is 5. The summed E-state index contributed by atoms with van der Waals surface area (Å²) in [5, 5.41) is 3.44. The number of nitrogens with zero attached hydrogens (tertiary/aromatic N) is 2. The second-order valence-corrected chi connectivity index (χ2v) is 11.5. The molecule has 196 valence electrons. The van der Waals surface area contributed by atoms with E-state index in [-0.39, 0.29) is 18.5 Å². The lowest BCUT2D eigenvalue weighted by molar-refractivity contribution is -0.139. The number of carbonyl (C=O) groups excluding carboxylic acids is 2. The zero-order valence-corrected chi connectivity index (χ0v) is 22.7. The summed E-state index contributed by atoms with van der Waals surface area (Å²) in [6.07, 6.45) is 5.00. The van der Waals surface area contributed by atoms with Crippen LogP contribution in [0.3, 0.4) is 0 Å². The lowest BCUT2D eigenvalue weighted by Gasteiger charge is -2.32. The Hall–Kier alpha value is -2.78. The molecule has 10 heteroatoms. The van der Waals surface area contributed by atoms with Crippen LogP contribution in [0.5, 0.6) is 5.75 Å². The van der Waals surface area contributed by atoms with E-state index >= 15 is 0 Å². The molecule has 0 radical (unpaired) electrons. The van der Waals surface area contributed by atoms with Gasteiger partial charge in [0.15, 0.2) is 0 Å². The van der Waals surface area contributed by atoms with Crippen LogP contribution in [-0.2, 0) is 26.2 Å². The Morgan fingerprint density at radius 2 is 1.83 bits per heavy atom. The van der Waals surface area contributed by atoms with Crippen molar-refractivity contribution in [2.75, 3.05) is 24.2 Å². The van der Waals surface area contributed by atoms with E-state index in [1.807, 2.05) is 6.07 Å². The highest BCUT2D eigenvalue weighted by molar-refractivity contribution is 7.92. The zero-order valence-electron chi connectivity index (χ0n) is 21.2. The molecule has 0 unspecified atom stereocenters. The first-order valence-corrected chi connectivity index (χ1v) is 14.2. The van der Waals surface area contributed by atoms with Gasteiger partial charge in [0.05, 0.1) is 19.1 Å². The van der Waals surface area contributed by atoms with Crippen LogP contribution in [0.25, 0.3) is 0 Å². The summed E-state index contributed by atoms with van der Waals surface area (Å²) < 4.78 is 31.8. The van der Waals surface area contributed by atoms with Gasteiger partial charge in [-0.05, 0) is 62.1 Å². The fraction of sp³-hybridized carbons (Fsp3) is 0.462. The molecule has 3 rings (SSSR count). The molecule has 1 aliphatic carbocycles. The molecule has 0 aromatic heterocycles. The van der Waals surface area contributed by atoms with Gasteiger partial charge in [-0.25, -0.2) is 8.42 Å². The molecule has 1 atom stereocenters. The van der Waals surface area contributed by atoms with Gasteiger partial charge in [0, 0.05) is 17.6 Å². The van der Waals surface area contributed by atoms with Crippen molar-refractivity contribution in [2.45, 2.75) is 58.2 Å². The van der Waals surface area contributed by atoms with Crippen molar-refractivity contribution in [1.29, 1.82) is 0 Å². The van der Waals surface area contributed by atoms with Gasteiger partial charge in [0.2, 0.25) is 21.8 Å². The van der Waals surface area contributed by atoms with Crippen molar-refractivity contribution in [1.82, 2.24) is 10.2 Å². The summed E-state index contributed by atoms with van der Waals surface area (Å²) in [6, 6.07) is 11.4. The average molecular weight is 536 g/mol. The van der Waals surface area contributed by atoms with E-state index < -0.39 is 28.5 Å². The van der Waals surface area contributed by atoms with Crippen molar-refractivity contribution in [2.24, 2.45) is 0 Å².